The molecule has 0 bridgehead atoms. The molecule has 1 amide bonds. The third-order valence-corrected chi connectivity index (χ3v) is 5.64. The maximum absolute atomic E-state index is 12.9. The monoisotopic (exact) mass is 393 g/mol. The lowest BCUT2D eigenvalue weighted by Gasteiger charge is -2.25. The van der Waals surface area contributed by atoms with Crippen molar-refractivity contribution in [2.75, 3.05) is 13.7 Å². The van der Waals surface area contributed by atoms with Crippen molar-refractivity contribution in [3.05, 3.63) is 59.4 Å². The fourth-order valence-corrected chi connectivity index (χ4v) is 4.17. The van der Waals surface area contributed by atoms with Gasteiger partial charge in [-0.15, -0.1) is 0 Å². The first kappa shape index (κ1) is 17.9. The second kappa shape index (κ2) is 7.36. The summed E-state index contributed by atoms with van der Waals surface area (Å²) in [5.41, 5.74) is 4.26. The summed E-state index contributed by atoms with van der Waals surface area (Å²) in [5, 5.41) is 7.65. The minimum atomic E-state index is -0.268. The summed E-state index contributed by atoms with van der Waals surface area (Å²) in [6.07, 6.45) is 6.69. The number of nitrogens with zero attached hydrogens (tertiary/aromatic N) is 4. The summed E-state index contributed by atoms with van der Waals surface area (Å²) in [5.74, 6) is 0.571. The highest BCUT2D eigenvalue weighted by atomic mass is 16.5. The fourth-order valence-electron chi connectivity index (χ4n) is 4.17. The molecule has 5 rings (SSSR count). The molecule has 0 radical (unpaired) electrons. The van der Waals surface area contributed by atoms with Crippen molar-refractivity contribution in [2.45, 2.75) is 38.5 Å². The third-order valence-electron chi connectivity index (χ3n) is 5.64. The summed E-state index contributed by atoms with van der Waals surface area (Å²) in [4.78, 5) is 17.3. The topological polar surface area (TPSA) is 83.2 Å². The second-order valence-electron chi connectivity index (χ2n) is 7.36. The minimum Gasteiger partial charge on any atom is -0.494 e. The average molecular weight is 393 g/mol. The van der Waals surface area contributed by atoms with Gasteiger partial charge in [-0.25, -0.2) is 9.67 Å². The van der Waals surface area contributed by atoms with E-state index >= 15 is 0 Å². The van der Waals surface area contributed by atoms with E-state index in [9.17, 15) is 4.79 Å². The number of aryl methyl sites for hydroxylation is 1. The number of imidazole rings is 1. The number of fused-ring (bicyclic) bond motifs is 2. The highest BCUT2D eigenvalue weighted by Crippen LogP contribution is 2.30. The van der Waals surface area contributed by atoms with E-state index in [2.05, 4.69) is 20.0 Å². The zero-order valence-electron chi connectivity index (χ0n) is 16.3. The molecule has 0 spiro atoms. The van der Waals surface area contributed by atoms with E-state index in [-0.39, 0.29) is 11.9 Å². The van der Waals surface area contributed by atoms with Crippen LogP contribution >= 0.6 is 0 Å². The number of amides is 1. The summed E-state index contributed by atoms with van der Waals surface area (Å²) < 4.78 is 15.2. The van der Waals surface area contributed by atoms with Gasteiger partial charge in [0.05, 0.1) is 50.3 Å². The molecular formula is C21H23N5O3. The van der Waals surface area contributed by atoms with Gasteiger partial charge in [-0.05, 0) is 31.4 Å². The molecule has 1 aromatic carbocycles. The molecule has 8 nitrogen and oxygen atoms in total. The van der Waals surface area contributed by atoms with Gasteiger partial charge < -0.3 is 19.4 Å². The van der Waals surface area contributed by atoms with Crippen LogP contribution < -0.4 is 10.1 Å². The summed E-state index contributed by atoms with van der Waals surface area (Å²) >= 11 is 0. The molecule has 3 aromatic rings. The van der Waals surface area contributed by atoms with Gasteiger partial charge in [-0.2, -0.15) is 5.10 Å². The van der Waals surface area contributed by atoms with Crippen molar-refractivity contribution in [1.82, 2.24) is 24.6 Å². The number of methoxy groups -OCH3 is 1. The summed E-state index contributed by atoms with van der Waals surface area (Å²) in [6, 6.07) is 7.44. The van der Waals surface area contributed by atoms with Crippen molar-refractivity contribution in [3.8, 4) is 11.4 Å². The van der Waals surface area contributed by atoms with E-state index in [0.29, 0.717) is 18.9 Å². The molecule has 150 valence electrons. The lowest BCUT2D eigenvalue weighted by Crippen LogP contribution is -2.35. The van der Waals surface area contributed by atoms with Gasteiger partial charge in [-0.1, -0.05) is 12.1 Å². The Morgan fingerprint density at radius 1 is 1.28 bits per heavy atom. The SMILES string of the molecule is COc1ccccc1-n1ncc2c1COC[C@H]2NC(=O)c1ncn2c1CCCC2. The lowest BCUT2D eigenvalue weighted by atomic mass is 10.0. The van der Waals surface area contributed by atoms with E-state index in [1.807, 2.05) is 28.9 Å². The summed E-state index contributed by atoms with van der Waals surface area (Å²) in [7, 11) is 1.64. The van der Waals surface area contributed by atoms with E-state index < -0.39 is 0 Å². The molecule has 1 atom stereocenters. The van der Waals surface area contributed by atoms with Crippen LogP contribution in [0.15, 0.2) is 36.8 Å². The second-order valence-corrected chi connectivity index (χ2v) is 7.36. The molecule has 0 saturated heterocycles. The van der Waals surface area contributed by atoms with Crippen LogP contribution in [0.4, 0.5) is 0 Å². The number of hydrogen-bond donors (Lipinski definition) is 1. The molecule has 29 heavy (non-hydrogen) atoms. The van der Waals surface area contributed by atoms with E-state index in [1.165, 1.54) is 0 Å². The zero-order valence-corrected chi connectivity index (χ0v) is 16.3. The quantitative estimate of drug-likeness (QED) is 0.736. The normalized spacial score (nSPS) is 18.0. The van der Waals surface area contributed by atoms with Crippen LogP contribution in [0, 0.1) is 0 Å². The van der Waals surface area contributed by atoms with Gasteiger partial charge in [-0.3, -0.25) is 4.79 Å². The van der Waals surface area contributed by atoms with Crippen LogP contribution in [0.5, 0.6) is 5.75 Å². The van der Waals surface area contributed by atoms with Crippen LogP contribution in [0.3, 0.4) is 0 Å². The molecule has 0 fully saturated rings. The maximum Gasteiger partial charge on any atom is 0.272 e. The molecular weight excluding hydrogens is 370 g/mol. The van der Waals surface area contributed by atoms with Crippen molar-refractivity contribution < 1.29 is 14.3 Å². The van der Waals surface area contributed by atoms with Crippen molar-refractivity contribution in [3.63, 3.8) is 0 Å². The molecule has 1 N–H and O–H groups in total. The van der Waals surface area contributed by atoms with Gasteiger partial charge in [0, 0.05) is 12.1 Å². The Labute approximate surface area is 168 Å². The number of aromatic nitrogens is 4. The van der Waals surface area contributed by atoms with E-state index in [1.54, 1.807) is 19.6 Å². The first-order chi connectivity index (χ1) is 14.3. The molecule has 2 aliphatic heterocycles. The number of ether oxygens (including phenoxy) is 2. The van der Waals surface area contributed by atoms with Gasteiger partial charge in [0.15, 0.2) is 0 Å². The summed E-state index contributed by atoms with van der Waals surface area (Å²) in [6.45, 7) is 1.77. The van der Waals surface area contributed by atoms with Gasteiger partial charge >= 0.3 is 0 Å². The number of benzene rings is 1. The maximum atomic E-state index is 12.9. The van der Waals surface area contributed by atoms with Crippen LogP contribution in [0.25, 0.3) is 5.69 Å². The molecule has 8 heteroatoms. The van der Waals surface area contributed by atoms with Gasteiger partial charge in [0.25, 0.3) is 5.91 Å². The Morgan fingerprint density at radius 3 is 3.07 bits per heavy atom. The molecule has 2 aliphatic rings. The molecule has 0 saturated carbocycles. The van der Waals surface area contributed by atoms with Crippen molar-refractivity contribution >= 4 is 5.91 Å². The molecule has 4 heterocycles. The van der Waals surface area contributed by atoms with Gasteiger partial charge in [0.2, 0.25) is 0 Å². The first-order valence-electron chi connectivity index (χ1n) is 9.89. The standard InChI is InChI=1S/C21H23N5O3/c1-28-19-8-3-2-6-16(19)26-18-12-29-11-15(14(18)10-23-26)24-21(27)20-17-7-4-5-9-25(17)13-22-20/h2-3,6,8,10,13,15H,4-5,7,9,11-12H2,1H3,(H,24,27)/t15-/m1/s1. The molecule has 0 unspecified atom stereocenters. The Morgan fingerprint density at radius 2 is 2.17 bits per heavy atom. The van der Waals surface area contributed by atoms with Crippen LogP contribution in [0.2, 0.25) is 0 Å². The lowest BCUT2D eigenvalue weighted by molar-refractivity contribution is 0.0683. The van der Waals surface area contributed by atoms with E-state index in [4.69, 9.17) is 9.47 Å². The minimum absolute atomic E-state index is 0.160. The zero-order chi connectivity index (χ0) is 19.8. The Kier molecular flexibility index (Phi) is 4.55. The number of carbonyl (C=O) groups is 1. The Hall–Kier alpha value is -3.13. The highest BCUT2D eigenvalue weighted by Gasteiger charge is 2.29. The fraction of sp³-hybridized carbons (Fsp3) is 0.381. The Bertz CT molecular complexity index is 1050. The third kappa shape index (κ3) is 3.09. The number of hydrogen-bond acceptors (Lipinski definition) is 5. The number of carbonyl (C=O) groups excluding carboxylic acids is 1. The largest absolute Gasteiger partial charge is 0.494 e. The number of rotatable bonds is 4. The Balaban J connectivity index is 1.43. The van der Waals surface area contributed by atoms with Gasteiger partial charge in [0.1, 0.15) is 17.1 Å². The smallest absolute Gasteiger partial charge is 0.272 e. The first-order valence-corrected chi connectivity index (χ1v) is 9.89. The number of para-hydroxylation sites is 2. The number of nitrogens with one attached hydrogen (secondary N) is 1. The van der Waals surface area contributed by atoms with Crippen LogP contribution in [0.1, 0.15) is 46.3 Å². The van der Waals surface area contributed by atoms with E-state index in [0.717, 1.165) is 54.2 Å². The van der Waals surface area contributed by atoms with Crippen LogP contribution in [-0.4, -0.2) is 39.0 Å². The predicted octanol–water partition coefficient (Wildman–Crippen LogP) is 2.42. The highest BCUT2D eigenvalue weighted by molar-refractivity contribution is 5.93. The molecule has 2 aromatic heterocycles. The van der Waals surface area contributed by atoms with Crippen molar-refractivity contribution in [1.29, 1.82) is 0 Å². The predicted molar refractivity (Wildman–Crippen MR) is 105 cm³/mol. The molecule has 0 aliphatic carbocycles. The van der Waals surface area contributed by atoms with Crippen LogP contribution in [-0.2, 0) is 24.3 Å². The van der Waals surface area contributed by atoms with Crippen molar-refractivity contribution in [2.24, 2.45) is 0 Å². The average Bonchev–Trinajstić information content (AvgIpc) is 3.39.